The molecule has 0 amide bonds. The Labute approximate surface area is 188 Å². The van der Waals surface area contributed by atoms with Gasteiger partial charge in [0, 0.05) is 18.1 Å². The molecule has 4 rings (SSSR count). The zero-order valence-corrected chi connectivity index (χ0v) is 18.3. The third kappa shape index (κ3) is 5.25. The van der Waals surface area contributed by atoms with E-state index in [4.69, 9.17) is 9.47 Å². The number of anilines is 1. The number of hydrogen-bond acceptors (Lipinski definition) is 6. The highest BCUT2D eigenvalue weighted by atomic mass is 32.2. The second kappa shape index (κ2) is 8.99. The van der Waals surface area contributed by atoms with Gasteiger partial charge in [-0.15, -0.1) is 0 Å². The van der Waals surface area contributed by atoms with Crippen LogP contribution in [-0.4, -0.2) is 37.7 Å². The molecular formula is C22H20F3N3O4S. The lowest BCUT2D eigenvalue weighted by Crippen LogP contribution is -2.19. The summed E-state index contributed by atoms with van der Waals surface area (Å²) in [6.45, 7) is 2.58. The van der Waals surface area contributed by atoms with Crippen LogP contribution >= 0.6 is 0 Å². The van der Waals surface area contributed by atoms with Crippen molar-refractivity contribution >= 4 is 15.8 Å². The first-order valence-corrected chi connectivity index (χ1v) is 11.5. The summed E-state index contributed by atoms with van der Waals surface area (Å²) in [4.78, 5) is 8.02. The number of ether oxygens (including phenoxy) is 2. The number of halogens is 3. The number of benzene rings is 1. The summed E-state index contributed by atoms with van der Waals surface area (Å²) in [5.41, 5.74) is -0.518. The maximum Gasteiger partial charge on any atom is 0.418 e. The lowest BCUT2D eigenvalue weighted by Gasteiger charge is -2.16. The summed E-state index contributed by atoms with van der Waals surface area (Å²) in [7, 11) is -4.24. The van der Waals surface area contributed by atoms with E-state index in [9.17, 15) is 21.6 Å². The van der Waals surface area contributed by atoms with Gasteiger partial charge in [-0.05, 0) is 30.7 Å². The SMILES string of the molecule is Cc1ccccc1-c1nc(NS(=O)(=O)c2cccc(OC3CCOC3)n2)ccc1C(F)(F)F. The van der Waals surface area contributed by atoms with Gasteiger partial charge >= 0.3 is 6.18 Å². The van der Waals surface area contributed by atoms with E-state index in [0.29, 0.717) is 25.2 Å². The Morgan fingerprint density at radius 1 is 1.06 bits per heavy atom. The Balaban J connectivity index is 1.66. The minimum Gasteiger partial charge on any atom is -0.472 e. The molecule has 33 heavy (non-hydrogen) atoms. The summed E-state index contributed by atoms with van der Waals surface area (Å²) in [6, 6.07) is 12.4. The lowest BCUT2D eigenvalue weighted by atomic mass is 10.0. The Hall–Kier alpha value is -3.18. The molecule has 7 nitrogen and oxygen atoms in total. The second-order valence-corrected chi connectivity index (χ2v) is 9.06. The van der Waals surface area contributed by atoms with Crippen LogP contribution in [-0.2, 0) is 20.9 Å². The largest absolute Gasteiger partial charge is 0.472 e. The highest BCUT2D eigenvalue weighted by Gasteiger charge is 2.35. The zero-order chi connectivity index (χ0) is 23.6. The molecule has 11 heteroatoms. The predicted octanol–water partition coefficient (Wildman–Crippen LogP) is 4.44. The van der Waals surface area contributed by atoms with Gasteiger partial charge in [-0.2, -0.15) is 26.6 Å². The average molecular weight is 479 g/mol. The minimum absolute atomic E-state index is 0.106. The summed E-state index contributed by atoms with van der Waals surface area (Å²) in [5.74, 6) is -0.159. The van der Waals surface area contributed by atoms with Crippen molar-refractivity contribution in [3.05, 3.63) is 65.7 Å². The molecule has 0 spiro atoms. The van der Waals surface area contributed by atoms with E-state index in [1.54, 1.807) is 25.1 Å². The van der Waals surface area contributed by atoms with Crippen LogP contribution in [0.3, 0.4) is 0 Å². The molecule has 1 fully saturated rings. The fourth-order valence-electron chi connectivity index (χ4n) is 3.37. The fraction of sp³-hybridized carbons (Fsp3) is 0.273. The number of aromatic nitrogens is 2. The predicted molar refractivity (Wildman–Crippen MR) is 114 cm³/mol. The molecule has 1 aromatic carbocycles. The van der Waals surface area contributed by atoms with Crippen molar-refractivity contribution in [1.29, 1.82) is 0 Å². The van der Waals surface area contributed by atoms with Crippen LogP contribution in [0.15, 0.2) is 59.6 Å². The van der Waals surface area contributed by atoms with Crippen LogP contribution in [0.25, 0.3) is 11.3 Å². The summed E-state index contributed by atoms with van der Waals surface area (Å²) < 4.78 is 79.6. The third-order valence-electron chi connectivity index (χ3n) is 4.99. The number of aryl methyl sites for hydroxylation is 1. The molecule has 2 aromatic heterocycles. The van der Waals surface area contributed by atoms with Crippen LogP contribution in [0.1, 0.15) is 17.5 Å². The number of rotatable bonds is 6. The number of hydrogen-bond donors (Lipinski definition) is 1. The van der Waals surface area contributed by atoms with Crippen molar-refractivity contribution in [3.8, 4) is 17.1 Å². The molecule has 3 heterocycles. The van der Waals surface area contributed by atoms with Crippen LogP contribution in [0, 0.1) is 6.92 Å². The van der Waals surface area contributed by atoms with Gasteiger partial charge in [-0.3, -0.25) is 4.72 Å². The molecule has 1 aliphatic heterocycles. The van der Waals surface area contributed by atoms with E-state index in [2.05, 4.69) is 14.7 Å². The van der Waals surface area contributed by atoms with Crippen molar-refractivity contribution in [2.45, 2.75) is 30.7 Å². The van der Waals surface area contributed by atoms with Crippen LogP contribution < -0.4 is 9.46 Å². The maximum absolute atomic E-state index is 13.6. The van der Waals surface area contributed by atoms with E-state index in [0.717, 1.165) is 12.1 Å². The highest BCUT2D eigenvalue weighted by molar-refractivity contribution is 7.92. The van der Waals surface area contributed by atoms with Crippen LogP contribution in [0.5, 0.6) is 5.88 Å². The molecule has 1 aliphatic rings. The van der Waals surface area contributed by atoms with Gasteiger partial charge < -0.3 is 9.47 Å². The van der Waals surface area contributed by atoms with Gasteiger partial charge in [0.1, 0.15) is 11.9 Å². The molecule has 1 atom stereocenters. The van der Waals surface area contributed by atoms with E-state index in [-0.39, 0.29) is 34.1 Å². The van der Waals surface area contributed by atoms with Gasteiger partial charge in [0.2, 0.25) is 5.88 Å². The van der Waals surface area contributed by atoms with Gasteiger partial charge in [-0.25, -0.2) is 4.98 Å². The summed E-state index contributed by atoms with van der Waals surface area (Å²) in [5, 5.41) is -0.349. The summed E-state index contributed by atoms with van der Waals surface area (Å²) in [6.07, 6.45) is -4.23. The van der Waals surface area contributed by atoms with Crippen LogP contribution in [0.2, 0.25) is 0 Å². The molecule has 1 saturated heterocycles. The molecule has 0 aliphatic carbocycles. The van der Waals surface area contributed by atoms with Gasteiger partial charge in [0.15, 0.2) is 5.03 Å². The standard InChI is InChI=1S/C22H20F3N3O4S/c1-14-5-2-3-6-16(14)21-17(22(23,24)25)9-10-18(26-21)28-33(29,30)20-8-4-7-19(27-20)32-15-11-12-31-13-15/h2-10,15H,11-13H2,1H3,(H,26,28). The second-order valence-electron chi connectivity index (χ2n) is 7.43. The Morgan fingerprint density at radius 2 is 1.85 bits per heavy atom. The topological polar surface area (TPSA) is 90.4 Å². The Morgan fingerprint density at radius 3 is 2.55 bits per heavy atom. The molecule has 0 bridgehead atoms. The Kier molecular flexibility index (Phi) is 6.26. The number of pyridine rings is 2. The van der Waals surface area contributed by atoms with E-state index >= 15 is 0 Å². The van der Waals surface area contributed by atoms with Crippen LogP contribution in [0.4, 0.5) is 19.0 Å². The van der Waals surface area contributed by atoms with Crippen molar-refractivity contribution in [3.63, 3.8) is 0 Å². The molecule has 174 valence electrons. The van der Waals surface area contributed by atoms with Gasteiger partial charge in [-0.1, -0.05) is 30.3 Å². The first-order chi connectivity index (χ1) is 15.6. The quantitative estimate of drug-likeness (QED) is 0.562. The average Bonchev–Trinajstić information content (AvgIpc) is 3.26. The normalized spacial score (nSPS) is 16.5. The maximum atomic E-state index is 13.6. The zero-order valence-electron chi connectivity index (χ0n) is 17.5. The number of sulfonamides is 1. The van der Waals surface area contributed by atoms with E-state index in [1.165, 1.54) is 24.3 Å². The monoisotopic (exact) mass is 479 g/mol. The molecule has 1 unspecified atom stereocenters. The number of alkyl halides is 3. The Bertz CT molecular complexity index is 1260. The smallest absolute Gasteiger partial charge is 0.418 e. The lowest BCUT2D eigenvalue weighted by molar-refractivity contribution is -0.137. The number of nitrogens with one attached hydrogen (secondary N) is 1. The van der Waals surface area contributed by atoms with E-state index < -0.39 is 21.8 Å². The molecule has 0 radical (unpaired) electrons. The molecular weight excluding hydrogens is 459 g/mol. The van der Waals surface area contributed by atoms with Gasteiger partial charge in [0.25, 0.3) is 10.0 Å². The molecule has 0 saturated carbocycles. The van der Waals surface area contributed by atoms with Crippen molar-refractivity contribution in [1.82, 2.24) is 9.97 Å². The first kappa shape index (κ1) is 23.0. The third-order valence-corrected chi connectivity index (χ3v) is 6.24. The fourth-order valence-corrected chi connectivity index (χ4v) is 4.33. The van der Waals surface area contributed by atoms with Gasteiger partial charge in [0.05, 0.1) is 24.5 Å². The van der Waals surface area contributed by atoms with E-state index in [1.807, 2.05) is 0 Å². The molecule has 3 aromatic rings. The summed E-state index contributed by atoms with van der Waals surface area (Å²) >= 11 is 0. The first-order valence-electron chi connectivity index (χ1n) is 10.0. The van der Waals surface area contributed by atoms with Crippen molar-refractivity contribution < 1.29 is 31.1 Å². The minimum atomic E-state index is -4.67. The number of nitrogens with zero attached hydrogens (tertiary/aromatic N) is 2. The van der Waals surface area contributed by atoms with Crippen molar-refractivity contribution in [2.75, 3.05) is 17.9 Å². The highest BCUT2D eigenvalue weighted by Crippen LogP contribution is 2.38. The van der Waals surface area contributed by atoms with Crippen molar-refractivity contribution in [2.24, 2.45) is 0 Å². The molecule has 1 N–H and O–H groups in total.